The Balaban J connectivity index is 1.63. The Morgan fingerprint density at radius 1 is 1.00 bits per heavy atom. The van der Waals surface area contributed by atoms with Crippen LogP contribution < -0.4 is 5.32 Å². The molecule has 0 spiro atoms. The fourth-order valence-electron chi connectivity index (χ4n) is 3.46. The molecule has 132 valence electrons. The molecule has 0 aromatic heterocycles. The van der Waals surface area contributed by atoms with Crippen LogP contribution in [-0.2, 0) is 9.59 Å². The first-order valence-corrected chi connectivity index (χ1v) is 8.93. The standard InChI is InChI=1S/C17H32N4O2/c1-14(2)12-19-8-10-20(11-9-19)13-17(23)18-16-4-6-21(7-5-16)15(3)22/h14,16H,4-13H2,1-3H3,(H,18,23). The molecular weight excluding hydrogens is 292 g/mol. The SMILES string of the molecule is CC(=O)N1CCC(NC(=O)CN2CCN(CC(C)C)CC2)CC1. The number of nitrogens with zero attached hydrogens (tertiary/aromatic N) is 3. The zero-order valence-electron chi connectivity index (χ0n) is 14.9. The number of likely N-dealkylation sites (tertiary alicyclic amines) is 1. The minimum atomic E-state index is 0.128. The third kappa shape index (κ3) is 6.11. The summed E-state index contributed by atoms with van der Waals surface area (Å²) >= 11 is 0. The van der Waals surface area contributed by atoms with Crippen LogP contribution in [0.15, 0.2) is 0 Å². The lowest BCUT2D eigenvalue weighted by Crippen LogP contribution is -2.52. The molecule has 0 atom stereocenters. The van der Waals surface area contributed by atoms with E-state index in [2.05, 4.69) is 29.0 Å². The number of hydrogen-bond acceptors (Lipinski definition) is 4. The van der Waals surface area contributed by atoms with E-state index >= 15 is 0 Å². The van der Waals surface area contributed by atoms with Crippen molar-refractivity contribution >= 4 is 11.8 Å². The number of piperidine rings is 1. The van der Waals surface area contributed by atoms with Crippen LogP contribution in [0, 0.1) is 5.92 Å². The van der Waals surface area contributed by atoms with Gasteiger partial charge in [0, 0.05) is 58.8 Å². The molecule has 0 radical (unpaired) electrons. The number of carbonyl (C=O) groups excluding carboxylic acids is 2. The van der Waals surface area contributed by atoms with Crippen LogP contribution in [0.2, 0.25) is 0 Å². The van der Waals surface area contributed by atoms with Crippen LogP contribution >= 0.6 is 0 Å². The van der Waals surface area contributed by atoms with Gasteiger partial charge in [-0.15, -0.1) is 0 Å². The Kier molecular flexibility index (Phi) is 6.84. The van der Waals surface area contributed by atoms with Crippen molar-refractivity contribution in [1.29, 1.82) is 0 Å². The molecule has 2 amide bonds. The second-order valence-corrected chi connectivity index (χ2v) is 7.32. The molecule has 1 N–H and O–H groups in total. The molecule has 0 aliphatic carbocycles. The summed E-state index contributed by atoms with van der Waals surface area (Å²) in [7, 11) is 0. The van der Waals surface area contributed by atoms with Crippen LogP contribution in [0.1, 0.15) is 33.6 Å². The molecule has 23 heavy (non-hydrogen) atoms. The predicted molar refractivity (Wildman–Crippen MR) is 91.1 cm³/mol. The zero-order chi connectivity index (χ0) is 16.8. The maximum Gasteiger partial charge on any atom is 0.234 e. The highest BCUT2D eigenvalue weighted by Crippen LogP contribution is 2.10. The van der Waals surface area contributed by atoms with Gasteiger partial charge in [0.25, 0.3) is 0 Å². The maximum absolute atomic E-state index is 12.2. The van der Waals surface area contributed by atoms with E-state index in [1.807, 2.05) is 4.90 Å². The van der Waals surface area contributed by atoms with Crippen molar-refractivity contribution in [3.8, 4) is 0 Å². The van der Waals surface area contributed by atoms with Gasteiger partial charge in [0.1, 0.15) is 0 Å². The molecule has 2 fully saturated rings. The number of piperazine rings is 1. The summed E-state index contributed by atoms with van der Waals surface area (Å²) in [4.78, 5) is 30.1. The van der Waals surface area contributed by atoms with Crippen molar-refractivity contribution in [2.24, 2.45) is 5.92 Å². The van der Waals surface area contributed by atoms with Crippen molar-refractivity contribution in [3.63, 3.8) is 0 Å². The third-order valence-corrected chi connectivity index (χ3v) is 4.76. The summed E-state index contributed by atoms with van der Waals surface area (Å²) in [5.41, 5.74) is 0. The largest absolute Gasteiger partial charge is 0.352 e. The van der Waals surface area contributed by atoms with Crippen molar-refractivity contribution in [2.75, 3.05) is 52.4 Å². The van der Waals surface area contributed by atoms with Crippen LogP contribution in [0.4, 0.5) is 0 Å². The van der Waals surface area contributed by atoms with Crippen molar-refractivity contribution in [3.05, 3.63) is 0 Å². The number of rotatable bonds is 5. The van der Waals surface area contributed by atoms with Crippen LogP contribution in [0.5, 0.6) is 0 Å². The summed E-state index contributed by atoms with van der Waals surface area (Å²) in [6.45, 7) is 13.3. The van der Waals surface area contributed by atoms with E-state index in [0.717, 1.165) is 58.7 Å². The Morgan fingerprint density at radius 3 is 2.09 bits per heavy atom. The molecule has 0 saturated carbocycles. The molecule has 0 aromatic rings. The van der Waals surface area contributed by atoms with E-state index in [1.54, 1.807) is 6.92 Å². The van der Waals surface area contributed by atoms with Crippen molar-refractivity contribution in [1.82, 2.24) is 20.0 Å². The molecule has 0 aromatic carbocycles. The summed E-state index contributed by atoms with van der Waals surface area (Å²) < 4.78 is 0. The van der Waals surface area contributed by atoms with E-state index in [9.17, 15) is 9.59 Å². The fourth-order valence-corrected chi connectivity index (χ4v) is 3.46. The summed E-state index contributed by atoms with van der Waals surface area (Å²) in [6.07, 6.45) is 1.74. The Labute approximate surface area is 140 Å². The minimum Gasteiger partial charge on any atom is -0.352 e. The summed E-state index contributed by atoms with van der Waals surface area (Å²) in [5, 5.41) is 3.14. The van der Waals surface area contributed by atoms with E-state index in [1.165, 1.54) is 0 Å². The average molecular weight is 324 g/mol. The predicted octanol–water partition coefficient (Wildman–Crippen LogP) is 0.387. The molecular formula is C17H32N4O2. The van der Waals surface area contributed by atoms with E-state index in [0.29, 0.717) is 12.5 Å². The van der Waals surface area contributed by atoms with Gasteiger partial charge in [-0.1, -0.05) is 13.8 Å². The van der Waals surface area contributed by atoms with Crippen LogP contribution in [-0.4, -0.2) is 84.9 Å². The van der Waals surface area contributed by atoms with Gasteiger partial charge in [0.05, 0.1) is 6.54 Å². The van der Waals surface area contributed by atoms with E-state index < -0.39 is 0 Å². The van der Waals surface area contributed by atoms with Gasteiger partial charge >= 0.3 is 0 Å². The van der Waals surface area contributed by atoms with Gasteiger partial charge in [0.15, 0.2) is 0 Å². The normalized spacial score (nSPS) is 21.7. The highest BCUT2D eigenvalue weighted by Gasteiger charge is 2.24. The van der Waals surface area contributed by atoms with Crippen molar-refractivity contribution < 1.29 is 9.59 Å². The van der Waals surface area contributed by atoms with Crippen molar-refractivity contribution in [2.45, 2.75) is 39.7 Å². The van der Waals surface area contributed by atoms with E-state index in [-0.39, 0.29) is 17.9 Å². The molecule has 0 unspecified atom stereocenters. The lowest BCUT2D eigenvalue weighted by atomic mass is 10.1. The first kappa shape index (κ1) is 18.2. The smallest absolute Gasteiger partial charge is 0.234 e. The van der Waals surface area contributed by atoms with Gasteiger partial charge in [-0.05, 0) is 18.8 Å². The molecule has 2 aliphatic rings. The highest BCUT2D eigenvalue weighted by atomic mass is 16.2. The highest BCUT2D eigenvalue weighted by molar-refractivity contribution is 5.78. The minimum absolute atomic E-state index is 0.128. The fraction of sp³-hybridized carbons (Fsp3) is 0.882. The molecule has 6 nitrogen and oxygen atoms in total. The first-order chi connectivity index (χ1) is 10.9. The molecule has 2 heterocycles. The average Bonchev–Trinajstić information content (AvgIpc) is 2.49. The molecule has 2 rings (SSSR count). The lowest BCUT2D eigenvalue weighted by Gasteiger charge is -2.36. The molecule has 2 saturated heterocycles. The first-order valence-electron chi connectivity index (χ1n) is 8.93. The Morgan fingerprint density at radius 2 is 1.57 bits per heavy atom. The van der Waals surface area contributed by atoms with Gasteiger partial charge in [-0.25, -0.2) is 0 Å². The second kappa shape index (κ2) is 8.64. The van der Waals surface area contributed by atoms with E-state index in [4.69, 9.17) is 0 Å². The van der Waals surface area contributed by atoms with Gasteiger partial charge < -0.3 is 15.1 Å². The number of hydrogen-bond donors (Lipinski definition) is 1. The molecule has 0 bridgehead atoms. The van der Waals surface area contributed by atoms with Gasteiger partial charge in [-0.3, -0.25) is 14.5 Å². The third-order valence-electron chi connectivity index (χ3n) is 4.76. The summed E-state index contributed by atoms with van der Waals surface area (Å²) in [6, 6.07) is 0.223. The topological polar surface area (TPSA) is 55.9 Å². The summed E-state index contributed by atoms with van der Waals surface area (Å²) in [5.74, 6) is 0.961. The van der Waals surface area contributed by atoms with Gasteiger partial charge in [0.2, 0.25) is 11.8 Å². The zero-order valence-corrected chi connectivity index (χ0v) is 14.9. The number of nitrogens with one attached hydrogen (secondary N) is 1. The molecule has 6 heteroatoms. The van der Waals surface area contributed by atoms with Crippen LogP contribution in [0.3, 0.4) is 0 Å². The maximum atomic E-state index is 12.2. The lowest BCUT2D eigenvalue weighted by molar-refractivity contribution is -0.130. The number of amides is 2. The monoisotopic (exact) mass is 324 g/mol. The second-order valence-electron chi connectivity index (χ2n) is 7.32. The Hall–Kier alpha value is -1.14. The quantitative estimate of drug-likeness (QED) is 0.795. The number of carbonyl (C=O) groups is 2. The van der Waals surface area contributed by atoms with Gasteiger partial charge in [-0.2, -0.15) is 0 Å². The molecule has 2 aliphatic heterocycles. The van der Waals surface area contributed by atoms with Crippen LogP contribution in [0.25, 0.3) is 0 Å². The Bertz CT molecular complexity index is 397.